The number of rotatable bonds is 9. The van der Waals surface area contributed by atoms with E-state index in [9.17, 15) is 0 Å². The molecule has 23 heavy (non-hydrogen) atoms. The van der Waals surface area contributed by atoms with Crippen molar-refractivity contribution in [3.63, 3.8) is 0 Å². The summed E-state index contributed by atoms with van der Waals surface area (Å²) in [6.45, 7) is 6.74. The number of nitrogens with one attached hydrogen (secondary N) is 1. The lowest BCUT2D eigenvalue weighted by Crippen LogP contribution is -2.33. The minimum atomic E-state index is 0.627. The molecule has 0 spiro atoms. The summed E-state index contributed by atoms with van der Waals surface area (Å²) in [5, 5.41) is 3.61. The van der Waals surface area contributed by atoms with Gasteiger partial charge in [0.2, 0.25) is 0 Å². The summed E-state index contributed by atoms with van der Waals surface area (Å²) in [4.78, 5) is 11.0. The van der Waals surface area contributed by atoms with Gasteiger partial charge in [0.1, 0.15) is 5.82 Å². The van der Waals surface area contributed by atoms with Gasteiger partial charge in [-0.15, -0.1) is 6.58 Å². The third-order valence-electron chi connectivity index (χ3n) is 4.66. The summed E-state index contributed by atoms with van der Waals surface area (Å²) < 4.78 is 0.931. The average Bonchev–Trinajstić information content (AvgIpc) is 2.56. The third-order valence-corrected chi connectivity index (χ3v) is 5.07. The number of hydrogen-bond donors (Lipinski definition) is 1. The van der Waals surface area contributed by atoms with Crippen molar-refractivity contribution in [3.8, 4) is 0 Å². The van der Waals surface area contributed by atoms with Gasteiger partial charge < -0.3 is 10.2 Å². The van der Waals surface area contributed by atoms with Gasteiger partial charge >= 0.3 is 0 Å². The highest BCUT2D eigenvalue weighted by molar-refractivity contribution is 9.10. The van der Waals surface area contributed by atoms with Crippen LogP contribution in [-0.4, -0.2) is 41.0 Å². The zero-order valence-electron chi connectivity index (χ0n) is 14.2. The molecule has 0 atom stereocenters. The van der Waals surface area contributed by atoms with Gasteiger partial charge in [0, 0.05) is 25.0 Å². The van der Waals surface area contributed by atoms with Crippen molar-refractivity contribution in [1.82, 2.24) is 20.2 Å². The summed E-state index contributed by atoms with van der Waals surface area (Å²) in [5.41, 5.74) is 0. The van der Waals surface area contributed by atoms with Crippen molar-refractivity contribution in [2.45, 2.75) is 51.1 Å². The maximum absolute atomic E-state index is 4.32. The van der Waals surface area contributed by atoms with Crippen LogP contribution in [0.1, 0.15) is 44.3 Å². The SMILES string of the molecule is C=CCN(C)CCC[C@H]1CC[C@H](NCc2ncc(Br)cn2)CC1. The Kier molecular flexibility index (Phi) is 8.20. The first-order valence-electron chi connectivity index (χ1n) is 8.66. The van der Waals surface area contributed by atoms with Crippen LogP contribution in [-0.2, 0) is 6.54 Å². The second-order valence-electron chi connectivity index (χ2n) is 6.61. The maximum Gasteiger partial charge on any atom is 0.142 e. The van der Waals surface area contributed by atoms with Crippen LogP contribution in [0.25, 0.3) is 0 Å². The van der Waals surface area contributed by atoms with Crippen LogP contribution in [0.4, 0.5) is 0 Å². The lowest BCUT2D eigenvalue weighted by atomic mass is 9.83. The van der Waals surface area contributed by atoms with E-state index in [0.29, 0.717) is 6.04 Å². The molecular formula is C18H29BrN4. The Bertz CT molecular complexity index is 455. The van der Waals surface area contributed by atoms with E-state index in [4.69, 9.17) is 0 Å². The smallest absolute Gasteiger partial charge is 0.142 e. The lowest BCUT2D eigenvalue weighted by molar-refractivity contribution is 0.261. The Labute approximate surface area is 148 Å². The maximum atomic E-state index is 4.32. The molecule has 1 saturated carbocycles. The Hall–Kier alpha value is -0.780. The first-order chi connectivity index (χ1) is 11.2. The fourth-order valence-electron chi connectivity index (χ4n) is 3.28. The molecule has 0 bridgehead atoms. The van der Waals surface area contributed by atoms with Crippen LogP contribution in [0, 0.1) is 5.92 Å². The summed E-state index contributed by atoms with van der Waals surface area (Å²) in [6, 6.07) is 0.627. The molecule has 1 aliphatic carbocycles. The van der Waals surface area contributed by atoms with Gasteiger partial charge in [0.25, 0.3) is 0 Å². The average molecular weight is 381 g/mol. The summed E-state index contributed by atoms with van der Waals surface area (Å²) >= 11 is 3.36. The van der Waals surface area contributed by atoms with Crippen molar-refractivity contribution in [3.05, 3.63) is 35.3 Å². The highest BCUT2D eigenvalue weighted by Crippen LogP contribution is 2.28. The monoisotopic (exact) mass is 380 g/mol. The molecule has 5 heteroatoms. The van der Waals surface area contributed by atoms with Gasteiger partial charge in [-0.25, -0.2) is 9.97 Å². The molecule has 1 heterocycles. The molecule has 1 aromatic rings. The van der Waals surface area contributed by atoms with Crippen LogP contribution < -0.4 is 5.32 Å². The normalized spacial score (nSPS) is 21.5. The molecule has 1 fully saturated rings. The summed E-state index contributed by atoms with van der Waals surface area (Å²) in [5.74, 6) is 1.79. The molecule has 4 nitrogen and oxygen atoms in total. The van der Waals surface area contributed by atoms with Gasteiger partial charge in [-0.2, -0.15) is 0 Å². The highest BCUT2D eigenvalue weighted by Gasteiger charge is 2.20. The third kappa shape index (κ3) is 7.10. The summed E-state index contributed by atoms with van der Waals surface area (Å²) in [6.07, 6.45) is 13.5. The molecule has 1 aliphatic rings. The second-order valence-corrected chi connectivity index (χ2v) is 7.52. The molecule has 0 amide bonds. The Balaban J connectivity index is 1.58. The molecule has 2 rings (SSSR count). The van der Waals surface area contributed by atoms with Crippen molar-refractivity contribution in [2.75, 3.05) is 20.1 Å². The van der Waals surface area contributed by atoms with E-state index in [1.165, 1.54) is 45.1 Å². The number of halogens is 1. The zero-order chi connectivity index (χ0) is 16.5. The van der Waals surface area contributed by atoms with Crippen LogP contribution in [0.3, 0.4) is 0 Å². The fraction of sp³-hybridized carbons (Fsp3) is 0.667. The lowest BCUT2D eigenvalue weighted by Gasteiger charge is -2.29. The van der Waals surface area contributed by atoms with Gasteiger partial charge in [-0.3, -0.25) is 0 Å². The minimum absolute atomic E-state index is 0.627. The number of nitrogens with zero attached hydrogens (tertiary/aromatic N) is 3. The van der Waals surface area contributed by atoms with Crippen molar-refractivity contribution in [2.24, 2.45) is 5.92 Å². The topological polar surface area (TPSA) is 41.0 Å². The van der Waals surface area contributed by atoms with Gasteiger partial charge in [-0.05, 0) is 74.0 Å². The van der Waals surface area contributed by atoms with Crippen molar-refractivity contribution >= 4 is 15.9 Å². The van der Waals surface area contributed by atoms with E-state index in [0.717, 1.165) is 29.3 Å². The molecule has 0 aromatic carbocycles. The standard InChI is InChI=1S/C18H29BrN4/c1-3-10-23(2)11-4-5-15-6-8-17(9-7-15)20-14-18-21-12-16(19)13-22-18/h3,12-13,15,17,20H,1,4-11,14H2,2H3/t15-,17-. The Morgan fingerprint density at radius 3 is 2.65 bits per heavy atom. The predicted octanol–water partition coefficient (Wildman–Crippen LogP) is 3.79. The van der Waals surface area contributed by atoms with E-state index in [1.807, 2.05) is 18.5 Å². The zero-order valence-corrected chi connectivity index (χ0v) is 15.8. The molecule has 128 valence electrons. The number of likely N-dealkylation sites (N-methyl/N-ethyl adjacent to an activating group) is 1. The second kappa shape index (κ2) is 10.2. The molecule has 1 aromatic heterocycles. The molecule has 1 N–H and O–H groups in total. The first kappa shape index (κ1) is 18.6. The number of hydrogen-bond acceptors (Lipinski definition) is 4. The van der Waals surface area contributed by atoms with Gasteiger partial charge in [-0.1, -0.05) is 6.08 Å². The Morgan fingerprint density at radius 2 is 2.00 bits per heavy atom. The molecule has 0 unspecified atom stereocenters. The van der Waals surface area contributed by atoms with Gasteiger partial charge in [0.15, 0.2) is 0 Å². The summed E-state index contributed by atoms with van der Waals surface area (Å²) in [7, 11) is 2.17. The largest absolute Gasteiger partial charge is 0.307 e. The predicted molar refractivity (Wildman–Crippen MR) is 99.2 cm³/mol. The number of aromatic nitrogens is 2. The molecule has 0 aliphatic heterocycles. The van der Waals surface area contributed by atoms with Crippen LogP contribution in [0.15, 0.2) is 29.5 Å². The fourth-order valence-corrected chi connectivity index (χ4v) is 3.49. The highest BCUT2D eigenvalue weighted by atomic mass is 79.9. The van der Waals surface area contributed by atoms with E-state index in [2.05, 4.69) is 49.7 Å². The first-order valence-corrected chi connectivity index (χ1v) is 9.46. The van der Waals surface area contributed by atoms with Crippen LogP contribution in [0.5, 0.6) is 0 Å². The Morgan fingerprint density at radius 1 is 1.30 bits per heavy atom. The molecule has 0 saturated heterocycles. The van der Waals surface area contributed by atoms with Crippen molar-refractivity contribution in [1.29, 1.82) is 0 Å². The molecular weight excluding hydrogens is 352 g/mol. The van der Waals surface area contributed by atoms with E-state index in [1.54, 1.807) is 0 Å². The van der Waals surface area contributed by atoms with Gasteiger partial charge in [0.05, 0.1) is 11.0 Å². The van der Waals surface area contributed by atoms with Crippen LogP contribution in [0.2, 0.25) is 0 Å². The van der Waals surface area contributed by atoms with Crippen LogP contribution >= 0.6 is 15.9 Å². The minimum Gasteiger partial charge on any atom is -0.307 e. The van der Waals surface area contributed by atoms with E-state index in [-0.39, 0.29) is 0 Å². The quantitative estimate of drug-likeness (QED) is 0.661. The van der Waals surface area contributed by atoms with E-state index >= 15 is 0 Å². The van der Waals surface area contributed by atoms with Crippen molar-refractivity contribution < 1.29 is 0 Å². The molecule has 0 radical (unpaired) electrons. The van der Waals surface area contributed by atoms with E-state index < -0.39 is 0 Å².